The van der Waals surface area contributed by atoms with Crippen LogP contribution in [-0.2, 0) is 12.4 Å². The highest BCUT2D eigenvalue weighted by atomic mass is 19.4. The van der Waals surface area contributed by atoms with Crippen LogP contribution in [0, 0.1) is 0 Å². The Bertz CT molecular complexity index is 946. The molecule has 5 nitrogen and oxygen atoms in total. The largest absolute Gasteiger partial charge is 0.416 e. The maximum Gasteiger partial charge on any atom is 0.416 e. The van der Waals surface area contributed by atoms with Crippen molar-refractivity contribution in [1.82, 2.24) is 14.8 Å². The summed E-state index contributed by atoms with van der Waals surface area (Å²) in [4.78, 5) is 16.2. The maximum atomic E-state index is 12.9. The fraction of sp³-hybridized carbons (Fsp3) is 0.118. The van der Waals surface area contributed by atoms with E-state index < -0.39 is 35.0 Å². The van der Waals surface area contributed by atoms with Gasteiger partial charge in [-0.2, -0.15) is 31.4 Å². The van der Waals surface area contributed by atoms with Gasteiger partial charge in [0, 0.05) is 18.0 Å². The maximum absolute atomic E-state index is 12.9. The number of benzene rings is 1. The standard InChI is InChI=1S/C17H10F6N4O/c18-16(19,20)11-6-10(7-12(8-11)17(21,22)23)15(28)26-13-2-3-14(24-9-13)27-5-1-4-25-27/h1-9H,(H,26,28). The quantitative estimate of drug-likeness (QED) is 0.656. The molecule has 0 saturated heterocycles. The normalized spacial score (nSPS) is 12.1. The second kappa shape index (κ2) is 6.98. The van der Waals surface area contributed by atoms with E-state index in [4.69, 9.17) is 0 Å². The smallest absolute Gasteiger partial charge is 0.321 e. The van der Waals surface area contributed by atoms with Crippen LogP contribution in [-0.4, -0.2) is 20.7 Å². The number of nitrogens with zero attached hydrogens (tertiary/aromatic N) is 3. The molecule has 0 radical (unpaired) electrons. The predicted octanol–water partition coefficient (Wildman–Crippen LogP) is 4.56. The molecule has 0 unspecified atom stereocenters. The third-order valence-electron chi connectivity index (χ3n) is 3.59. The monoisotopic (exact) mass is 400 g/mol. The molecule has 0 aliphatic rings. The molecule has 1 aromatic carbocycles. The number of anilines is 1. The lowest BCUT2D eigenvalue weighted by molar-refractivity contribution is -0.143. The average Bonchev–Trinajstić information content (AvgIpc) is 3.15. The number of pyridine rings is 1. The van der Waals surface area contributed by atoms with Crippen LogP contribution in [0.3, 0.4) is 0 Å². The van der Waals surface area contributed by atoms with Crippen molar-refractivity contribution in [1.29, 1.82) is 0 Å². The molecule has 1 amide bonds. The lowest BCUT2D eigenvalue weighted by Gasteiger charge is -2.14. The first-order valence-electron chi connectivity index (χ1n) is 7.61. The van der Waals surface area contributed by atoms with Crippen LogP contribution in [0.15, 0.2) is 55.0 Å². The van der Waals surface area contributed by atoms with Crippen LogP contribution in [0.25, 0.3) is 5.82 Å². The highest BCUT2D eigenvalue weighted by Crippen LogP contribution is 2.36. The van der Waals surface area contributed by atoms with Crippen LogP contribution in [0.5, 0.6) is 0 Å². The zero-order valence-corrected chi connectivity index (χ0v) is 13.7. The first-order chi connectivity index (χ1) is 13.0. The van der Waals surface area contributed by atoms with Gasteiger partial charge < -0.3 is 5.32 Å². The molecular formula is C17H10F6N4O. The van der Waals surface area contributed by atoms with E-state index in [1.54, 1.807) is 12.3 Å². The molecule has 0 atom stereocenters. The third kappa shape index (κ3) is 4.30. The number of hydrogen-bond acceptors (Lipinski definition) is 3. The van der Waals surface area contributed by atoms with Crippen LogP contribution in [0.1, 0.15) is 21.5 Å². The van der Waals surface area contributed by atoms with Crippen molar-refractivity contribution in [2.24, 2.45) is 0 Å². The van der Waals surface area contributed by atoms with Crippen molar-refractivity contribution in [2.45, 2.75) is 12.4 Å². The Morgan fingerprint density at radius 3 is 2.07 bits per heavy atom. The lowest BCUT2D eigenvalue weighted by Crippen LogP contribution is -2.17. The van der Waals surface area contributed by atoms with Crippen molar-refractivity contribution < 1.29 is 31.1 Å². The van der Waals surface area contributed by atoms with Gasteiger partial charge in [0.2, 0.25) is 0 Å². The first-order valence-corrected chi connectivity index (χ1v) is 7.61. The molecule has 0 bridgehead atoms. The Morgan fingerprint density at radius 1 is 0.964 bits per heavy atom. The second-order valence-electron chi connectivity index (χ2n) is 5.60. The molecule has 1 N–H and O–H groups in total. The molecular weight excluding hydrogens is 390 g/mol. The molecule has 0 saturated carbocycles. The molecule has 0 fully saturated rings. The average molecular weight is 400 g/mol. The van der Waals surface area contributed by atoms with E-state index in [0.29, 0.717) is 18.0 Å². The van der Waals surface area contributed by atoms with Gasteiger partial charge in [-0.1, -0.05) is 0 Å². The number of alkyl halides is 6. The third-order valence-corrected chi connectivity index (χ3v) is 3.59. The number of amides is 1. The van der Waals surface area contributed by atoms with Crippen molar-refractivity contribution >= 4 is 11.6 Å². The predicted molar refractivity (Wildman–Crippen MR) is 85.8 cm³/mol. The summed E-state index contributed by atoms with van der Waals surface area (Å²) in [5.41, 5.74) is -3.83. The molecule has 3 aromatic rings. The molecule has 2 aromatic heterocycles. The molecule has 2 heterocycles. The Balaban J connectivity index is 1.87. The molecule has 11 heteroatoms. The Labute approximate surface area is 153 Å². The Morgan fingerprint density at radius 2 is 1.61 bits per heavy atom. The van der Waals surface area contributed by atoms with Crippen molar-refractivity contribution in [3.63, 3.8) is 0 Å². The van der Waals surface area contributed by atoms with Crippen molar-refractivity contribution in [2.75, 3.05) is 5.32 Å². The number of carbonyl (C=O) groups excluding carboxylic acids is 1. The van der Waals surface area contributed by atoms with Crippen LogP contribution < -0.4 is 5.32 Å². The van der Waals surface area contributed by atoms with E-state index in [0.717, 1.165) is 0 Å². The number of halogens is 6. The fourth-order valence-corrected chi connectivity index (χ4v) is 2.29. The number of nitrogens with one attached hydrogen (secondary N) is 1. The minimum atomic E-state index is -5.04. The topological polar surface area (TPSA) is 59.8 Å². The zero-order valence-electron chi connectivity index (χ0n) is 13.7. The van der Waals surface area contributed by atoms with Crippen molar-refractivity contribution in [3.05, 3.63) is 71.7 Å². The highest BCUT2D eigenvalue weighted by molar-refractivity contribution is 6.04. The minimum absolute atomic E-state index is 0.0444. The van der Waals surface area contributed by atoms with Gasteiger partial charge in [-0.05, 0) is 36.4 Å². The van der Waals surface area contributed by atoms with Crippen molar-refractivity contribution in [3.8, 4) is 5.82 Å². The van der Waals surface area contributed by atoms with Gasteiger partial charge in [0.05, 0.1) is 23.0 Å². The lowest BCUT2D eigenvalue weighted by atomic mass is 10.0. The van der Waals surface area contributed by atoms with Gasteiger partial charge in [-0.3, -0.25) is 4.79 Å². The molecule has 0 aliphatic heterocycles. The van der Waals surface area contributed by atoms with E-state index >= 15 is 0 Å². The van der Waals surface area contributed by atoms with Gasteiger partial charge >= 0.3 is 12.4 Å². The van der Waals surface area contributed by atoms with E-state index in [9.17, 15) is 31.1 Å². The van der Waals surface area contributed by atoms with E-state index in [2.05, 4.69) is 15.4 Å². The van der Waals surface area contributed by atoms with Gasteiger partial charge in [0.25, 0.3) is 5.91 Å². The summed E-state index contributed by atoms with van der Waals surface area (Å²) in [6.45, 7) is 0. The number of aromatic nitrogens is 3. The first kappa shape index (κ1) is 19.4. The van der Waals surface area contributed by atoms with E-state index in [1.165, 1.54) is 29.2 Å². The summed E-state index contributed by atoms with van der Waals surface area (Å²) in [6, 6.07) is 5.18. The summed E-state index contributed by atoms with van der Waals surface area (Å²) < 4.78 is 78.8. The fourth-order valence-electron chi connectivity index (χ4n) is 2.29. The molecule has 0 spiro atoms. The van der Waals surface area contributed by atoms with E-state index in [-0.39, 0.29) is 11.8 Å². The van der Waals surface area contributed by atoms with Gasteiger partial charge in [-0.15, -0.1) is 0 Å². The second-order valence-corrected chi connectivity index (χ2v) is 5.60. The summed E-state index contributed by atoms with van der Waals surface area (Å²) in [6.07, 6.45) is -5.75. The van der Waals surface area contributed by atoms with Gasteiger partial charge in [0.15, 0.2) is 5.82 Å². The Kier molecular flexibility index (Phi) is 4.84. The molecule has 0 aliphatic carbocycles. The summed E-state index contributed by atoms with van der Waals surface area (Å²) >= 11 is 0. The summed E-state index contributed by atoms with van der Waals surface area (Å²) in [5, 5.41) is 6.17. The molecule has 28 heavy (non-hydrogen) atoms. The molecule has 146 valence electrons. The Hall–Kier alpha value is -3.37. The SMILES string of the molecule is O=C(Nc1ccc(-n2cccn2)nc1)c1cc(C(F)(F)F)cc(C(F)(F)F)c1. The van der Waals surface area contributed by atoms with Gasteiger partial charge in [0.1, 0.15) is 0 Å². The van der Waals surface area contributed by atoms with Gasteiger partial charge in [-0.25, -0.2) is 9.67 Å². The highest BCUT2D eigenvalue weighted by Gasteiger charge is 2.37. The number of rotatable bonds is 3. The summed E-state index contributed by atoms with van der Waals surface area (Å²) in [5.74, 6) is -0.730. The zero-order chi connectivity index (χ0) is 20.5. The number of hydrogen-bond donors (Lipinski definition) is 1. The summed E-state index contributed by atoms with van der Waals surface area (Å²) in [7, 11) is 0. The van der Waals surface area contributed by atoms with Crippen LogP contribution in [0.4, 0.5) is 32.0 Å². The minimum Gasteiger partial charge on any atom is -0.321 e. The molecule has 3 rings (SSSR count). The van der Waals surface area contributed by atoms with E-state index in [1.807, 2.05) is 0 Å². The van der Waals surface area contributed by atoms with Crippen LogP contribution >= 0.6 is 0 Å². The number of carbonyl (C=O) groups is 1. The van der Waals surface area contributed by atoms with Crippen LogP contribution in [0.2, 0.25) is 0 Å².